The lowest BCUT2D eigenvalue weighted by Gasteiger charge is -2.34. The van der Waals surface area contributed by atoms with Crippen molar-refractivity contribution in [2.75, 3.05) is 11.4 Å². The quantitative estimate of drug-likeness (QED) is 0.567. The van der Waals surface area contributed by atoms with Crippen molar-refractivity contribution in [2.45, 2.75) is 64.0 Å². The Hall–Kier alpha value is -3.41. The van der Waals surface area contributed by atoms with Crippen LogP contribution in [0, 0.1) is 11.8 Å². The molecule has 0 radical (unpaired) electrons. The van der Waals surface area contributed by atoms with E-state index in [4.69, 9.17) is 0 Å². The van der Waals surface area contributed by atoms with Crippen LogP contribution in [0.4, 0.5) is 5.69 Å². The van der Waals surface area contributed by atoms with Gasteiger partial charge in [-0.2, -0.15) is 5.10 Å². The zero-order chi connectivity index (χ0) is 24.5. The third-order valence-corrected chi connectivity index (χ3v) is 8.33. The summed E-state index contributed by atoms with van der Waals surface area (Å²) in [7, 11) is 0. The molecule has 1 aliphatic heterocycles. The number of anilines is 1. The highest BCUT2D eigenvalue weighted by Crippen LogP contribution is 2.37. The summed E-state index contributed by atoms with van der Waals surface area (Å²) < 4.78 is 2.08. The van der Waals surface area contributed by atoms with E-state index in [1.165, 1.54) is 16.8 Å². The first-order chi connectivity index (χ1) is 17.7. The first-order valence-corrected chi connectivity index (χ1v) is 13.5. The molecule has 1 N–H and O–H groups in total. The highest BCUT2D eigenvalue weighted by atomic mass is 16.2. The molecular weight excluding hydrogens is 448 g/mol. The van der Waals surface area contributed by atoms with E-state index in [2.05, 4.69) is 45.4 Å². The van der Waals surface area contributed by atoms with Gasteiger partial charge in [0.05, 0.1) is 24.7 Å². The predicted molar refractivity (Wildman–Crippen MR) is 140 cm³/mol. The van der Waals surface area contributed by atoms with Gasteiger partial charge in [-0.3, -0.25) is 14.3 Å². The van der Waals surface area contributed by atoms with Crippen LogP contribution in [0.15, 0.2) is 60.8 Å². The molecular formula is C30H34N4O2. The van der Waals surface area contributed by atoms with Crippen molar-refractivity contribution in [3.63, 3.8) is 0 Å². The molecule has 0 bridgehead atoms. The summed E-state index contributed by atoms with van der Waals surface area (Å²) in [6.07, 6.45) is 9.34. The van der Waals surface area contributed by atoms with Crippen LogP contribution in [-0.2, 0) is 29.0 Å². The number of benzene rings is 2. The largest absolute Gasteiger partial charge is 0.349 e. The number of aromatic nitrogens is 2. The zero-order valence-corrected chi connectivity index (χ0v) is 20.7. The van der Waals surface area contributed by atoms with Gasteiger partial charge in [-0.25, -0.2) is 0 Å². The number of hydrogen-bond donors (Lipinski definition) is 1. The Kier molecular flexibility index (Phi) is 6.34. The Bertz CT molecular complexity index is 1250. The Balaban J connectivity index is 1.17. The molecule has 2 aliphatic carbocycles. The zero-order valence-electron chi connectivity index (χ0n) is 20.7. The van der Waals surface area contributed by atoms with Crippen LogP contribution in [-0.4, -0.2) is 28.1 Å². The van der Waals surface area contributed by atoms with Gasteiger partial charge >= 0.3 is 0 Å². The normalized spacial score (nSPS) is 23.1. The first kappa shape index (κ1) is 23.0. The highest BCUT2D eigenvalue weighted by Gasteiger charge is 2.40. The lowest BCUT2D eigenvalue weighted by Crippen LogP contribution is -2.46. The molecule has 6 rings (SSSR count). The summed E-state index contributed by atoms with van der Waals surface area (Å²) >= 11 is 0. The molecule has 3 aliphatic rings. The van der Waals surface area contributed by atoms with E-state index >= 15 is 0 Å². The van der Waals surface area contributed by atoms with E-state index in [0.717, 1.165) is 75.7 Å². The van der Waals surface area contributed by atoms with Crippen LogP contribution < -0.4 is 10.2 Å². The number of amides is 2. The first-order valence-electron chi connectivity index (χ1n) is 13.5. The van der Waals surface area contributed by atoms with Gasteiger partial charge in [0.1, 0.15) is 0 Å². The number of hydrogen-bond acceptors (Lipinski definition) is 3. The molecule has 1 saturated carbocycles. The van der Waals surface area contributed by atoms with Crippen molar-refractivity contribution in [3.05, 3.63) is 83.2 Å². The fourth-order valence-corrected chi connectivity index (χ4v) is 6.45. The topological polar surface area (TPSA) is 67.2 Å². The molecule has 3 atom stereocenters. The van der Waals surface area contributed by atoms with Crippen molar-refractivity contribution in [1.82, 2.24) is 15.1 Å². The van der Waals surface area contributed by atoms with Gasteiger partial charge in [-0.1, -0.05) is 61.4 Å². The molecule has 0 saturated heterocycles. The molecule has 6 nitrogen and oxygen atoms in total. The summed E-state index contributed by atoms with van der Waals surface area (Å²) in [5.41, 5.74) is 5.83. The van der Waals surface area contributed by atoms with E-state index in [0.29, 0.717) is 0 Å². The van der Waals surface area contributed by atoms with Crippen molar-refractivity contribution >= 4 is 17.5 Å². The maximum Gasteiger partial charge on any atom is 0.230 e. The maximum atomic E-state index is 13.7. The number of para-hydroxylation sites is 1. The van der Waals surface area contributed by atoms with E-state index in [1.807, 2.05) is 35.4 Å². The standard InChI is InChI=1S/C30H34N4O2/c35-29(23-12-5-6-13-24(23)30(36)33-18-17-22-11-4-7-15-27(22)33)32-26-14-8-16-28-25(26)19-31-34(28)20-21-9-2-1-3-10-21/h1-4,7,9-11,15,19,23-24,26H,5-6,8,12-14,16-18,20H2,(H,32,35). The van der Waals surface area contributed by atoms with Gasteiger partial charge in [0, 0.05) is 29.4 Å². The van der Waals surface area contributed by atoms with Crippen LogP contribution in [0.1, 0.15) is 67.0 Å². The average Bonchev–Trinajstić information content (AvgIpc) is 3.54. The van der Waals surface area contributed by atoms with E-state index in [-0.39, 0.29) is 29.7 Å². The lowest BCUT2D eigenvalue weighted by atomic mass is 9.77. The Morgan fingerprint density at radius 1 is 0.889 bits per heavy atom. The van der Waals surface area contributed by atoms with E-state index in [9.17, 15) is 9.59 Å². The number of carbonyl (C=O) groups excluding carboxylic acids is 2. The molecule has 2 heterocycles. The number of nitrogens with zero attached hydrogens (tertiary/aromatic N) is 3. The summed E-state index contributed by atoms with van der Waals surface area (Å²) in [5, 5.41) is 8.04. The smallest absolute Gasteiger partial charge is 0.230 e. The summed E-state index contributed by atoms with van der Waals surface area (Å²) in [4.78, 5) is 29.2. The molecule has 186 valence electrons. The molecule has 6 heteroatoms. The van der Waals surface area contributed by atoms with E-state index < -0.39 is 0 Å². The molecule has 1 aromatic heterocycles. The number of fused-ring (bicyclic) bond motifs is 2. The minimum Gasteiger partial charge on any atom is -0.349 e. The van der Waals surface area contributed by atoms with Gasteiger partial charge in [-0.05, 0) is 55.7 Å². The van der Waals surface area contributed by atoms with Crippen LogP contribution in [0.25, 0.3) is 0 Å². The van der Waals surface area contributed by atoms with Crippen LogP contribution in [0.5, 0.6) is 0 Å². The van der Waals surface area contributed by atoms with Gasteiger partial charge in [0.25, 0.3) is 0 Å². The van der Waals surface area contributed by atoms with Gasteiger partial charge in [0.15, 0.2) is 0 Å². The van der Waals surface area contributed by atoms with Crippen LogP contribution >= 0.6 is 0 Å². The van der Waals surface area contributed by atoms with Gasteiger partial charge in [-0.15, -0.1) is 0 Å². The van der Waals surface area contributed by atoms with Crippen molar-refractivity contribution in [3.8, 4) is 0 Å². The molecule has 36 heavy (non-hydrogen) atoms. The molecule has 1 fully saturated rings. The molecule has 3 unspecified atom stereocenters. The number of rotatable bonds is 5. The Morgan fingerprint density at radius 2 is 1.67 bits per heavy atom. The second kappa shape index (κ2) is 9.92. The number of carbonyl (C=O) groups is 2. The Labute approximate surface area is 212 Å². The molecule has 3 aromatic rings. The summed E-state index contributed by atoms with van der Waals surface area (Å²) in [5.74, 6) is -0.341. The van der Waals surface area contributed by atoms with Crippen molar-refractivity contribution < 1.29 is 9.59 Å². The second-order valence-corrected chi connectivity index (χ2v) is 10.5. The minimum atomic E-state index is -0.260. The van der Waals surface area contributed by atoms with Crippen molar-refractivity contribution in [2.24, 2.45) is 11.8 Å². The maximum absolute atomic E-state index is 13.7. The minimum absolute atomic E-state index is 0.0315. The molecule has 2 amide bonds. The Morgan fingerprint density at radius 3 is 2.53 bits per heavy atom. The SMILES string of the molecule is O=C(NC1CCCc2c1cnn2Cc1ccccc1)C1CCCCC1C(=O)N1CCc2ccccc21. The fourth-order valence-electron chi connectivity index (χ4n) is 6.45. The van der Waals surface area contributed by atoms with E-state index in [1.54, 1.807) is 0 Å². The van der Waals surface area contributed by atoms with Gasteiger partial charge < -0.3 is 10.2 Å². The van der Waals surface area contributed by atoms with Crippen LogP contribution in [0.2, 0.25) is 0 Å². The fraction of sp³-hybridized carbons (Fsp3) is 0.433. The third-order valence-electron chi connectivity index (χ3n) is 8.33. The summed E-state index contributed by atoms with van der Waals surface area (Å²) in [6.45, 7) is 1.46. The van der Waals surface area contributed by atoms with Gasteiger partial charge in [0.2, 0.25) is 11.8 Å². The summed E-state index contributed by atoms with van der Waals surface area (Å²) in [6, 6.07) is 18.5. The molecule has 2 aromatic carbocycles. The highest BCUT2D eigenvalue weighted by molar-refractivity contribution is 5.99. The number of nitrogens with one attached hydrogen (secondary N) is 1. The lowest BCUT2D eigenvalue weighted by molar-refractivity contribution is -0.135. The second-order valence-electron chi connectivity index (χ2n) is 10.5. The predicted octanol–water partition coefficient (Wildman–Crippen LogP) is 4.82. The van der Waals surface area contributed by atoms with Crippen molar-refractivity contribution in [1.29, 1.82) is 0 Å². The van der Waals surface area contributed by atoms with Crippen LogP contribution in [0.3, 0.4) is 0 Å². The molecule has 0 spiro atoms. The average molecular weight is 483 g/mol. The monoisotopic (exact) mass is 482 g/mol. The third kappa shape index (κ3) is 4.34.